The first-order valence-electron chi connectivity index (χ1n) is 7.69. The smallest absolute Gasteiger partial charge is 0.314 e. The molecule has 3 rings (SSSR count). The summed E-state index contributed by atoms with van der Waals surface area (Å²) >= 11 is 0. The molecule has 10 heteroatoms. The molecule has 0 amide bonds. The van der Waals surface area contributed by atoms with Crippen LogP contribution in [0.2, 0.25) is 0 Å². The summed E-state index contributed by atoms with van der Waals surface area (Å²) in [5.41, 5.74) is 0.644. The van der Waals surface area contributed by atoms with Gasteiger partial charge in [-0.1, -0.05) is 24.3 Å². The van der Waals surface area contributed by atoms with Crippen molar-refractivity contribution in [2.75, 3.05) is 10.6 Å². The lowest BCUT2D eigenvalue weighted by atomic mass is 10.1. The molecule has 0 bridgehead atoms. The maximum Gasteiger partial charge on any atom is 0.314 e. The van der Waals surface area contributed by atoms with Crippen molar-refractivity contribution in [3.05, 3.63) is 65.8 Å². The van der Waals surface area contributed by atoms with E-state index in [2.05, 4.69) is 10.2 Å². The van der Waals surface area contributed by atoms with Gasteiger partial charge in [-0.15, -0.1) is 10.2 Å². The minimum Gasteiger partial charge on any atom is -0.415 e. The highest BCUT2D eigenvalue weighted by Crippen LogP contribution is 2.27. The van der Waals surface area contributed by atoms with Crippen molar-refractivity contribution in [3.63, 3.8) is 0 Å². The van der Waals surface area contributed by atoms with Gasteiger partial charge in [0.25, 0.3) is 11.8 Å². The molecule has 0 unspecified atom stereocenters. The average molecular weight is 397 g/mol. The average Bonchev–Trinajstić information content (AvgIpc) is 3.09. The van der Waals surface area contributed by atoms with Gasteiger partial charge in [0.05, 0.1) is 24.1 Å². The van der Waals surface area contributed by atoms with Crippen molar-refractivity contribution in [1.29, 1.82) is 0 Å². The Morgan fingerprint density at radius 2 is 1.81 bits per heavy atom. The van der Waals surface area contributed by atoms with Crippen LogP contribution in [0.3, 0.4) is 0 Å². The first-order chi connectivity index (χ1) is 12.8. The second-order valence-corrected chi connectivity index (χ2v) is 7.57. The van der Waals surface area contributed by atoms with Crippen molar-refractivity contribution in [2.45, 2.75) is 13.0 Å². The van der Waals surface area contributed by atoms with E-state index < -0.39 is 28.2 Å². The maximum absolute atomic E-state index is 14.4. The van der Waals surface area contributed by atoms with Crippen LogP contribution < -0.4 is 4.31 Å². The van der Waals surface area contributed by atoms with Crippen LogP contribution in [0.1, 0.15) is 17.9 Å². The van der Waals surface area contributed by atoms with Gasteiger partial charge in [-0.3, -0.25) is 4.31 Å². The lowest BCUT2D eigenvalue weighted by molar-refractivity contribution is 0.116. The number of rotatable bonds is 6. The second-order valence-electron chi connectivity index (χ2n) is 5.67. The summed E-state index contributed by atoms with van der Waals surface area (Å²) in [6, 6.07) is 12.2. The summed E-state index contributed by atoms with van der Waals surface area (Å²) in [4.78, 5) is 0. The highest BCUT2D eigenvalue weighted by atomic mass is 32.2. The minimum atomic E-state index is -3.61. The van der Waals surface area contributed by atoms with Gasteiger partial charge in [0, 0.05) is 0 Å². The molecule has 27 heavy (non-hydrogen) atoms. The van der Waals surface area contributed by atoms with Crippen LogP contribution in [-0.2, 0) is 16.6 Å². The van der Waals surface area contributed by atoms with Gasteiger partial charge < -0.3 is 4.42 Å². The van der Waals surface area contributed by atoms with E-state index in [1.54, 1.807) is 30.3 Å². The largest absolute Gasteiger partial charge is 0.415 e. The van der Waals surface area contributed by atoms with E-state index in [0.717, 1.165) is 16.6 Å². The fraction of sp³-hybridized carbons (Fsp3) is 0.176. The Balaban J connectivity index is 1.90. The molecule has 0 spiro atoms. The molecule has 0 N–H and O–H groups in total. The number of anilines is 1. The van der Waals surface area contributed by atoms with Gasteiger partial charge in [-0.2, -0.15) is 8.78 Å². The van der Waals surface area contributed by atoms with Gasteiger partial charge in [0.1, 0.15) is 5.82 Å². The molecular formula is C17H14F3N3O3S. The van der Waals surface area contributed by atoms with Crippen LogP contribution in [0, 0.1) is 5.82 Å². The number of aromatic nitrogens is 2. The number of nitrogens with zero attached hydrogens (tertiary/aromatic N) is 3. The lowest BCUT2D eigenvalue weighted by Gasteiger charge is -2.22. The van der Waals surface area contributed by atoms with Gasteiger partial charge in [0.2, 0.25) is 10.0 Å². The molecule has 1 aromatic heterocycles. The standard InChI is InChI=1S/C17H14F3N3O3S/c1-27(24,25)23(12-5-3-2-4-6-12)10-11-7-8-13(14(18)9-11)16-21-22-17(26-16)15(19)20/h2-9,15H,10H2,1H3. The first kappa shape index (κ1) is 18.9. The summed E-state index contributed by atoms with van der Waals surface area (Å²) in [6.07, 6.45) is -1.91. The van der Waals surface area contributed by atoms with E-state index in [4.69, 9.17) is 4.42 Å². The predicted octanol–water partition coefficient (Wildman–Crippen LogP) is 3.78. The zero-order chi connectivity index (χ0) is 19.6. The zero-order valence-corrected chi connectivity index (χ0v) is 14.8. The molecule has 0 saturated carbocycles. The fourth-order valence-corrected chi connectivity index (χ4v) is 3.31. The summed E-state index contributed by atoms with van der Waals surface area (Å²) in [7, 11) is -3.61. The second kappa shape index (κ2) is 7.39. The molecule has 0 atom stereocenters. The molecule has 0 saturated heterocycles. The van der Waals surface area contributed by atoms with E-state index in [1.807, 2.05) is 0 Å². The molecule has 0 radical (unpaired) electrons. The van der Waals surface area contributed by atoms with Crippen LogP contribution in [0.15, 0.2) is 52.9 Å². The van der Waals surface area contributed by atoms with Crippen molar-refractivity contribution >= 4 is 15.7 Å². The van der Waals surface area contributed by atoms with Gasteiger partial charge in [-0.05, 0) is 29.8 Å². The molecule has 0 aliphatic carbocycles. The number of alkyl halides is 2. The lowest BCUT2D eigenvalue weighted by Crippen LogP contribution is -2.29. The number of halogens is 3. The SMILES string of the molecule is CS(=O)(=O)N(Cc1ccc(-c2nnc(C(F)F)o2)c(F)c1)c1ccccc1. The normalized spacial score (nSPS) is 11.7. The molecule has 0 aliphatic heterocycles. The van der Waals surface area contributed by atoms with Gasteiger partial charge in [-0.25, -0.2) is 12.8 Å². The maximum atomic E-state index is 14.4. The van der Waals surface area contributed by atoms with Gasteiger partial charge >= 0.3 is 6.43 Å². The molecule has 0 aliphatic rings. The Hall–Kier alpha value is -2.88. The Bertz CT molecular complexity index is 1040. The fourth-order valence-electron chi connectivity index (χ4n) is 2.42. The Morgan fingerprint density at radius 3 is 2.37 bits per heavy atom. The van der Waals surface area contributed by atoms with E-state index in [-0.39, 0.29) is 18.0 Å². The Kier molecular flexibility index (Phi) is 5.17. The van der Waals surface area contributed by atoms with Crippen LogP contribution in [0.4, 0.5) is 18.9 Å². The third-order valence-electron chi connectivity index (χ3n) is 3.66. The van der Waals surface area contributed by atoms with Crippen LogP contribution in [0.25, 0.3) is 11.5 Å². The van der Waals surface area contributed by atoms with Crippen molar-refractivity contribution in [1.82, 2.24) is 10.2 Å². The summed E-state index contributed by atoms with van der Waals surface area (Å²) in [6.45, 7) is -0.105. The van der Waals surface area contributed by atoms with Crippen molar-refractivity contribution in [3.8, 4) is 11.5 Å². The summed E-state index contributed by atoms with van der Waals surface area (Å²) in [5, 5.41) is 6.56. The Labute approximate surface area is 153 Å². The van der Waals surface area contributed by atoms with Crippen molar-refractivity contribution in [2.24, 2.45) is 0 Å². The summed E-state index contributed by atoms with van der Waals surface area (Å²) in [5.74, 6) is -2.07. The highest BCUT2D eigenvalue weighted by molar-refractivity contribution is 7.92. The molecule has 2 aromatic carbocycles. The van der Waals surface area contributed by atoms with E-state index in [9.17, 15) is 21.6 Å². The van der Waals surface area contributed by atoms with Crippen LogP contribution >= 0.6 is 0 Å². The predicted molar refractivity (Wildman–Crippen MR) is 92.1 cm³/mol. The van der Waals surface area contributed by atoms with Gasteiger partial charge in [0.15, 0.2) is 0 Å². The number of hydrogen-bond donors (Lipinski definition) is 0. The zero-order valence-electron chi connectivity index (χ0n) is 14.0. The van der Waals surface area contributed by atoms with Crippen molar-refractivity contribution < 1.29 is 26.0 Å². The minimum absolute atomic E-state index is 0.105. The number of benzene rings is 2. The molecule has 1 heterocycles. The quantitative estimate of drug-likeness (QED) is 0.633. The van der Waals surface area contributed by atoms with Crippen LogP contribution in [-0.4, -0.2) is 24.9 Å². The summed E-state index contributed by atoms with van der Waals surface area (Å²) < 4.78 is 69.5. The third kappa shape index (κ3) is 4.27. The molecule has 3 aromatic rings. The van der Waals surface area contributed by atoms with E-state index in [1.165, 1.54) is 12.1 Å². The number of hydrogen-bond acceptors (Lipinski definition) is 5. The topological polar surface area (TPSA) is 76.3 Å². The molecular weight excluding hydrogens is 383 g/mol. The van der Waals surface area contributed by atoms with Crippen LogP contribution in [0.5, 0.6) is 0 Å². The first-order valence-corrected chi connectivity index (χ1v) is 9.53. The molecule has 6 nitrogen and oxygen atoms in total. The molecule has 0 fully saturated rings. The van der Waals surface area contributed by atoms with E-state index in [0.29, 0.717) is 11.3 Å². The molecule has 142 valence electrons. The third-order valence-corrected chi connectivity index (χ3v) is 4.80. The number of para-hydroxylation sites is 1. The number of sulfonamides is 1. The van der Waals surface area contributed by atoms with E-state index >= 15 is 0 Å². The monoisotopic (exact) mass is 397 g/mol. The highest BCUT2D eigenvalue weighted by Gasteiger charge is 2.21. The Morgan fingerprint density at radius 1 is 1.11 bits per heavy atom.